The lowest BCUT2D eigenvalue weighted by molar-refractivity contribution is -0.118. The van der Waals surface area contributed by atoms with Crippen LogP contribution in [0, 0.1) is 0 Å². The van der Waals surface area contributed by atoms with Crippen LogP contribution in [0.3, 0.4) is 0 Å². The fraction of sp³-hybridized carbons (Fsp3) is 0.0714. The van der Waals surface area contributed by atoms with Gasteiger partial charge < -0.3 is 15.4 Å². The zero-order valence-electron chi connectivity index (χ0n) is 10.4. The van der Waals surface area contributed by atoms with Crippen LogP contribution in [0.2, 0.25) is 0 Å². The van der Waals surface area contributed by atoms with Gasteiger partial charge in [0.1, 0.15) is 11.4 Å². The van der Waals surface area contributed by atoms with E-state index in [2.05, 4.69) is 15.6 Å². The third-order valence-corrected chi connectivity index (χ3v) is 2.77. The molecular formula is C14H11N3O3. The summed E-state index contributed by atoms with van der Waals surface area (Å²) in [5, 5.41) is 5.40. The minimum atomic E-state index is -0.311. The Morgan fingerprint density at radius 2 is 2.20 bits per heavy atom. The molecule has 0 atom stereocenters. The van der Waals surface area contributed by atoms with Crippen molar-refractivity contribution in [1.82, 2.24) is 4.98 Å². The standard InChI is InChI=1S/C14H11N3O3/c18-13-8-20-12-5-4-9(7-11(12)17-13)16-14(19)10-3-1-2-6-15-10/h1-7H,8H2,(H,16,19)(H,17,18). The van der Waals surface area contributed by atoms with Crippen molar-refractivity contribution in [1.29, 1.82) is 0 Å². The number of hydrogen-bond donors (Lipinski definition) is 2. The molecule has 0 saturated carbocycles. The number of amides is 2. The lowest BCUT2D eigenvalue weighted by Crippen LogP contribution is -2.25. The first kappa shape index (κ1) is 12.2. The number of nitrogens with zero attached hydrogens (tertiary/aromatic N) is 1. The Morgan fingerprint density at radius 1 is 1.30 bits per heavy atom. The van der Waals surface area contributed by atoms with Crippen molar-refractivity contribution in [3.05, 3.63) is 48.3 Å². The first-order chi connectivity index (χ1) is 9.72. The van der Waals surface area contributed by atoms with Crippen molar-refractivity contribution in [2.45, 2.75) is 0 Å². The molecular weight excluding hydrogens is 258 g/mol. The number of ether oxygens (including phenoxy) is 1. The number of anilines is 2. The van der Waals surface area contributed by atoms with Gasteiger partial charge in [0.25, 0.3) is 11.8 Å². The van der Waals surface area contributed by atoms with E-state index in [1.54, 1.807) is 42.6 Å². The number of carbonyl (C=O) groups is 2. The van der Waals surface area contributed by atoms with Gasteiger partial charge in [-0.15, -0.1) is 0 Å². The SMILES string of the molecule is O=C1COc2ccc(NC(=O)c3ccccn3)cc2N1. The molecule has 0 aliphatic carbocycles. The second-order valence-corrected chi connectivity index (χ2v) is 4.22. The number of benzene rings is 1. The van der Waals surface area contributed by atoms with Crippen molar-refractivity contribution in [3.8, 4) is 5.75 Å². The number of carbonyl (C=O) groups excluding carboxylic acids is 2. The molecule has 2 heterocycles. The Morgan fingerprint density at radius 3 is 3.00 bits per heavy atom. The molecule has 2 N–H and O–H groups in total. The van der Waals surface area contributed by atoms with Crippen LogP contribution in [0.4, 0.5) is 11.4 Å². The molecule has 0 spiro atoms. The molecule has 1 aliphatic rings. The summed E-state index contributed by atoms with van der Waals surface area (Å²) >= 11 is 0. The smallest absolute Gasteiger partial charge is 0.274 e. The van der Waals surface area contributed by atoms with Gasteiger partial charge in [0.05, 0.1) is 5.69 Å². The van der Waals surface area contributed by atoms with Gasteiger partial charge >= 0.3 is 0 Å². The number of rotatable bonds is 2. The van der Waals surface area contributed by atoms with Crippen LogP contribution in [0.25, 0.3) is 0 Å². The predicted molar refractivity (Wildman–Crippen MR) is 72.8 cm³/mol. The van der Waals surface area contributed by atoms with Gasteiger partial charge in [0.2, 0.25) is 0 Å². The first-order valence-corrected chi connectivity index (χ1v) is 6.01. The summed E-state index contributed by atoms with van der Waals surface area (Å²) in [5.74, 6) is 0.0553. The van der Waals surface area contributed by atoms with Crippen molar-refractivity contribution >= 4 is 23.2 Å². The summed E-state index contributed by atoms with van der Waals surface area (Å²) in [7, 11) is 0. The maximum absolute atomic E-state index is 12.0. The summed E-state index contributed by atoms with van der Waals surface area (Å²) < 4.78 is 5.24. The molecule has 0 unspecified atom stereocenters. The Bertz CT molecular complexity index is 671. The molecule has 6 heteroatoms. The molecule has 0 bridgehead atoms. The quantitative estimate of drug-likeness (QED) is 0.869. The monoisotopic (exact) mass is 269 g/mol. The van der Waals surface area contributed by atoms with E-state index in [4.69, 9.17) is 4.74 Å². The predicted octanol–water partition coefficient (Wildman–Crippen LogP) is 1.66. The molecule has 0 fully saturated rings. The molecule has 100 valence electrons. The zero-order valence-corrected chi connectivity index (χ0v) is 10.4. The number of aromatic nitrogens is 1. The van der Waals surface area contributed by atoms with Gasteiger partial charge in [0, 0.05) is 11.9 Å². The van der Waals surface area contributed by atoms with Gasteiger partial charge in [-0.05, 0) is 30.3 Å². The Labute approximate surface area is 114 Å². The number of pyridine rings is 1. The van der Waals surface area contributed by atoms with E-state index in [0.717, 1.165) is 0 Å². The van der Waals surface area contributed by atoms with Crippen LogP contribution in [-0.2, 0) is 4.79 Å². The summed E-state index contributed by atoms with van der Waals surface area (Å²) in [6.45, 7) is 0.00659. The number of fused-ring (bicyclic) bond motifs is 1. The Kier molecular flexibility index (Phi) is 3.04. The lowest BCUT2D eigenvalue weighted by atomic mass is 10.2. The van der Waals surface area contributed by atoms with E-state index in [1.807, 2.05) is 0 Å². The van der Waals surface area contributed by atoms with Crippen LogP contribution in [0.5, 0.6) is 5.75 Å². The Hall–Kier alpha value is -2.89. The largest absolute Gasteiger partial charge is 0.482 e. The molecule has 1 aliphatic heterocycles. The molecule has 1 aromatic carbocycles. The van der Waals surface area contributed by atoms with Crippen LogP contribution in [0.1, 0.15) is 10.5 Å². The summed E-state index contributed by atoms with van der Waals surface area (Å²) in [6, 6.07) is 10.1. The molecule has 2 aromatic rings. The van der Waals surface area contributed by atoms with Crippen LogP contribution in [-0.4, -0.2) is 23.4 Å². The highest BCUT2D eigenvalue weighted by molar-refractivity contribution is 6.03. The Balaban J connectivity index is 1.80. The van der Waals surface area contributed by atoms with E-state index < -0.39 is 0 Å². The second-order valence-electron chi connectivity index (χ2n) is 4.22. The fourth-order valence-electron chi connectivity index (χ4n) is 1.85. The van der Waals surface area contributed by atoms with E-state index in [9.17, 15) is 9.59 Å². The molecule has 2 amide bonds. The number of nitrogens with one attached hydrogen (secondary N) is 2. The van der Waals surface area contributed by atoms with Crippen molar-refractivity contribution in [2.75, 3.05) is 17.2 Å². The second kappa shape index (κ2) is 5.00. The van der Waals surface area contributed by atoms with Crippen molar-refractivity contribution in [2.24, 2.45) is 0 Å². The minimum Gasteiger partial charge on any atom is -0.482 e. The van der Waals surface area contributed by atoms with Crippen LogP contribution < -0.4 is 15.4 Å². The average molecular weight is 269 g/mol. The highest BCUT2D eigenvalue weighted by Gasteiger charge is 2.16. The highest BCUT2D eigenvalue weighted by atomic mass is 16.5. The molecule has 3 rings (SSSR count). The lowest BCUT2D eigenvalue weighted by Gasteiger charge is -2.18. The van der Waals surface area contributed by atoms with E-state index in [0.29, 0.717) is 22.8 Å². The van der Waals surface area contributed by atoms with Crippen LogP contribution >= 0.6 is 0 Å². The molecule has 20 heavy (non-hydrogen) atoms. The third kappa shape index (κ3) is 2.44. The van der Waals surface area contributed by atoms with E-state index in [1.165, 1.54) is 0 Å². The fourth-order valence-corrected chi connectivity index (χ4v) is 1.85. The normalized spacial score (nSPS) is 12.9. The maximum Gasteiger partial charge on any atom is 0.274 e. The molecule has 0 saturated heterocycles. The van der Waals surface area contributed by atoms with Gasteiger partial charge in [0.15, 0.2) is 6.61 Å². The summed E-state index contributed by atoms with van der Waals surface area (Å²) in [5.41, 5.74) is 1.43. The zero-order chi connectivity index (χ0) is 13.9. The highest BCUT2D eigenvalue weighted by Crippen LogP contribution is 2.30. The molecule has 0 radical (unpaired) electrons. The van der Waals surface area contributed by atoms with Gasteiger partial charge in [-0.3, -0.25) is 14.6 Å². The average Bonchev–Trinajstić information content (AvgIpc) is 2.47. The number of hydrogen-bond acceptors (Lipinski definition) is 4. The van der Waals surface area contributed by atoms with Crippen LogP contribution in [0.15, 0.2) is 42.6 Å². The van der Waals surface area contributed by atoms with Gasteiger partial charge in [-0.1, -0.05) is 6.07 Å². The minimum absolute atomic E-state index is 0.00659. The summed E-state index contributed by atoms with van der Waals surface area (Å²) in [4.78, 5) is 27.2. The molecule has 1 aromatic heterocycles. The van der Waals surface area contributed by atoms with E-state index >= 15 is 0 Å². The third-order valence-electron chi connectivity index (χ3n) is 2.77. The van der Waals surface area contributed by atoms with Gasteiger partial charge in [-0.2, -0.15) is 0 Å². The topological polar surface area (TPSA) is 80.3 Å². The molecule has 6 nitrogen and oxygen atoms in total. The maximum atomic E-state index is 12.0. The summed E-state index contributed by atoms with van der Waals surface area (Å²) in [6.07, 6.45) is 1.55. The van der Waals surface area contributed by atoms with Crippen molar-refractivity contribution in [3.63, 3.8) is 0 Å². The van der Waals surface area contributed by atoms with Gasteiger partial charge in [-0.25, -0.2) is 0 Å². The van der Waals surface area contributed by atoms with E-state index in [-0.39, 0.29) is 18.4 Å². The first-order valence-electron chi connectivity index (χ1n) is 6.01. The van der Waals surface area contributed by atoms with Crippen molar-refractivity contribution < 1.29 is 14.3 Å².